The van der Waals surface area contributed by atoms with Crippen LogP contribution in [0.5, 0.6) is 5.75 Å². The summed E-state index contributed by atoms with van der Waals surface area (Å²) in [4.78, 5) is 21.3. The number of fused-ring (bicyclic) bond motifs is 2. The lowest BCUT2D eigenvalue weighted by Crippen LogP contribution is -2.60. The van der Waals surface area contributed by atoms with Crippen molar-refractivity contribution >= 4 is 11.8 Å². The first-order valence-corrected chi connectivity index (χ1v) is 10.0. The number of nitrogens with zero attached hydrogens (tertiary/aromatic N) is 3. The second-order valence-corrected chi connectivity index (χ2v) is 8.04. The Labute approximate surface area is 164 Å². The van der Waals surface area contributed by atoms with Crippen LogP contribution in [0.4, 0.5) is 5.82 Å². The first kappa shape index (κ1) is 17.5. The number of benzene rings is 1. The molecule has 0 aliphatic carbocycles. The van der Waals surface area contributed by atoms with Gasteiger partial charge in [-0.1, -0.05) is 18.2 Å². The molecule has 0 radical (unpaired) electrons. The van der Waals surface area contributed by atoms with Crippen LogP contribution in [0.15, 0.2) is 42.6 Å². The molecule has 6 heteroatoms. The molecule has 4 aliphatic heterocycles. The highest BCUT2D eigenvalue weighted by Crippen LogP contribution is 2.49. The number of rotatable bonds is 4. The van der Waals surface area contributed by atoms with Gasteiger partial charge in [0.15, 0.2) is 0 Å². The molecule has 146 valence electrons. The fourth-order valence-electron chi connectivity index (χ4n) is 5.70. The monoisotopic (exact) mass is 379 g/mol. The molecule has 5 heterocycles. The molecule has 4 aliphatic rings. The van der Waals surface area contributed by atoms with Crippen molar-refractivity contribution in [2.24, 2.45) is 5.92 Å². The number of carboxylic acid groups (broad SMARTS) is 1. The number of anilines is 1. The molecule has 1 N–H and O–H groups in total. The lowest BCUT2D eigenvalue weighted by molar-refractivity contribution is 0.0351. The standard InChI is InChI=1S/C22H25N3O3/c1-28-18-7-3-2-5-15(18)17-13-25(21-16(22(26)27)6-4-10-23-21)19-14-8-11-24(12-9-14)20(17)19/h2-7,10,14,17,19-20H,8-9,11-13H2,1H3,(H,26,27)/t17-,19-,20-/m1/s1. The number of aromatic nitrogens is 1. The summed E-state index contributed by atoms with van der Waals surface area (Å²) in [7, 11) is 1.72. The molecule has 4 fully saturated rings. The normalized spacial score (nSPS) is 30.9. The van der Waals surface area contributed by atoms with Crippen molar-refractivity contribution in [2.45, 2.75) is 30.8 Å². The molecule has 28 heavy (non-hydrogen) atoms. The highest BCUT2D eigenvalue weighted by molar-refractivity contribution is 5.93. The zero-order valence-corrected chi connectivity index (χ0v) is 16.0. The van der Waals surface area contributed by atoms with Gasteiger partial charge in [-0.15, -0.1) is 0 Å². The number of hydrogen-bond acceptors (Lipinski definition) is 5. The van der Waals surface area contributed by atoms with Crippen molar-refractivity contribution < 1.29 is 14.6 Å². The molecule has 6 rings (SSSR count). The number of carboxylic acids is 1. The first-order chi connectivity index (χ1) is 13.7. The van der Waals surface area contributed by atoms with Crippen LogP contribution < -0.4 is 9.64 Å². The lowest BCUT2D eigenvalue weighted by Gasteiger charge is -2.51. The Morgan fingerprint density at radius 1 is 1.14 bits per heavy atom. The zero-order chi connectivity index (χ0) is 19.3. The Kier molecular flexibility index (Phi) is 4.23. The fraction of sp³-hybridized carbons (Fsp3) is 0.455. The number of aromatic carboxylic acids is 1. The molecule has 2 bridgehead atoms. The van der Waals surface area contributed by atoms with Gasteiger partial charge in [0.1, 0.15) is 17.1 Å². The van der Waals surface area contributed by atoms with Crippen LogP contribution in [-0.2, 0) is 0 Å². The van der Waals surface area contributed by atoms with Crippen molar-refractivity contribution in [1.82, 2.24) is 9.88 Å². The number of para-hydroxylation sites is 1. The predicted octanol–water partition coefficient (Wildman–Crippen LogP) is 2.86. The second-order valence-electron chi connectivity index (χ2n) is 8.04. The summed E-state index contributed by atoms with van der Waals surface area (Å²) in [6.07, 6.45) is 4.05. The van der Waals surface area contributed by atoms with Crippen molar-refractivity contribution in [3.8, 4) is 5.75 Å². The van der Waals surface area contributed by atoms with Gasteiger partial charge >= 0.3 is 5.97 Å². The molecule has 1 aromatic heterocycles. The van der Waals surface area contributed by atoms with Gasteiger partial charge in [-0.2, -0.15) is 0 Å². The molecule has 3 atom stereocenters. The summed E-state index contributed by atoms with van der Waals surface area (Å²) in [5, 5.41) is 9.72. The van der Waals surface area contributed by atoms with Crippen molar-refractivity contribution in [2.75, 3.05) is 31.6 Å². The third kappa shape index (κ3) is 2.58. The Morgan fingerprint density at radius 2 is 1.93 bits per heavy atom. The number of ether oxygens (including phenoxy) is 1. The zero-order valence-electron chi connectivity index (χ0n) is 16.0. The smallest absolute Gasteiger partial charge is 0.339 e. The van der Waals surface area contributed by atoms with Gasteiger partial charge in [0.2, 0.25) is 0 Å². The van der Waals surface area contributed by atoms with Crippen LogP contribution in [0.1, 0.15) is 34.7 Å². The van der Waals surface area contributed by atoms with Crippen LogP contribution in [-0.4, -0.2) is 59.8 Å². The lowest BCUT2D eigenvalue weighted by atomic mass is 9.75. The molecule has 0 saturated carbocycles. The van der Waals surface area contributed by atoms with Gasteiger partial charge < -0.3 is 14.7 Å². The Bertz CT molecular complexity index is 894. The van der Waals surface area contributed by atoms with Gasteiger partial charge in [0.25, 0.3) is 0 Å². The Hall–Kier alpha value is -2.60. The second kappa shape index (κ2) is 6.78. The summed E-state index contributed by atoms with van der Waals surface area (Å²) in [6.45, 7) is 3.01. The van der Waals surface area contributed by atoms with Gasteiger partial charge in [-0.25, -0.2) is 9.78 Å². The van der Waals surface area contributed by atoms with Gasteiger partial charge in [0, 0.05) is 36.3 Å². The average Bonchev–Trinajstić information content (AvgIpc) is 3.17. The largest absolute Gasteiger partial charge is 0.496 e. The van der Waals surface area contributed by atoms with Crippen molar-refractivity contribution in [1.29, 1.82) is 0 Å². The van der Waals surface area contributed by atoms with Crippen LogP contribution in [0.3, 0.4) is 0 Å². The molecule has 4 saturated heterocycles. The maximum absolute atomic E-state index is 11.9. The average molecular weight is 379 g/mol. The molecular weight excluding hydrogens is 354 g/mol. The van der Waals surface area contributed by atoms with E-state index in [2.05, 4.69) is 26.9 Å². The summed E-state index contributed by atoms with van der Waals surface area (Å²) in [5.41, 5.74) is 1.50. The van der Waals surface area contributed by atoms with Crippen molar-refractivity contribution in [3.63, 3.8) is 0 Å². The maximum atomic E-state index is 11.9. The number of piperidine rings is 3. The number of carbonyl (C=O) groups is 1. The van der Waals surface area contributed by atoms with E-state index < -0.39 is 5.97 Å². The van der Waals surface area contributed by atoms with E-state index in [9.17, 15) is 9.90 Å². The highest BCUT2D eigenvalue weighted by Gasteiger charge is 2.54. The SMILES string of the molecule is COc1ccccc1[C@H]1CN(c2ncccc2C(=O)O)[C@@H]2C3CCN(CC3)[C@H]12. The summed E-state index contributed by atoms with van der Waals surface area (Å²) < 4.78 is 5.67. The van der Waals surface area contributed by atoms with E-state index in [4.69, 9.17) is 4.74 Å². The summed E-state index contributed by atoms with van der Waals surface area (Å²) in [6, 6.07) is 12.3. The maximum Gasteiger partial charge on any atom is 0.339 e. The highest BCUT2D eigenvalue weighted by atomic mass is 16.5. The van der Waals surface area contributed by atoms with Crippen LogP contribution in [0.2, 0.25) is 0 Å². The van der Waals surface area contributed by atoms with E-state index in [0.717, 1.165) is 25.4 Å². The first-order valence-electron chi connectivity index (χ1n) is 10.0. The minimum atomic E-state index is -0.915. The van der Waals surface area contributed by atoms with Gasteiger partial charge in [-0.3, -0.25) is 4.90 Å². The fourth-order valence-corrected chi connectivity index (χ4v) is 5.70. The quantitative estimate of drug-likeness (QED) is 0.881. The summed E-state index contributed by atoms with van der Waals surface area (Å²) in [5.74, 6) is 1.46. The minimum absolute atomic E-state index is 0.271. The number of methoxy groups -OCH3 is 1. The molecule has 2 aromatic rings. The molecule has 1 aromatic carbocycles. The molecule has 0 amide bonds. The minimum Gasteiger partial charge on any atom is -0.496 e. The van der Waals surface area contributed by atoms with Gasteiger partial charge in [0.05, 0.1) is 7.11 Å². The third-order valence-corrected chi connectivity index (χ3v) is 6.82. The summed E-state index contributed by atoms with van der Waals surface area (Å²) >= 11 is 0. The molecule has 0 spiro atoms. The topological polar surface area (TPSA) is 65.9 Å². The van der Waals surface area contributed by atoms with Crippen LogP contribution in [0.25, 0.3) is 0 Å². The number of hydrogen-bond donors (Lipinski definition) is 1. The Morgan fingerprint density at radius 3 is 2.68 bits per heavy atom. The molecule has 6 nitrogen and oxygen atoms in total. The van der Waals surface area contributed by atoms with Gasteiger partial charge in [-0.05, 0) is 50.0 Å². The van der Waals surface area contributed by atoms with E-state index in [1.165, 1.54) is 18.4 Å². The van der Waals surface area contributed by atoms with E-state index in [1.54, 1.807) is 25.4 Å². The third-order valence-electron chi connectivity index (χ3n) is 6.82. The molecular formula is C22H25N3O3. The van der Waals surface area contributed by atoms with Crippen LogP contribution >= 0.6 is 0 Å². The van der Waals surface area contributed by atoms with E-state index >= 15 is 0 Å². The van der Waals surface area contributed by atoms with E-state index in [1.807, 2.05) is 12.1 Å². The van der Waals surface area contributed by atoms with Crippen LogP contribution in [0, 0.1) is 5.92 Å². The molecule has 0 unspecified atom stereocenters. The van der Waals surface area contributed by atoms with Crippen molar-refractivity contribution in [3.05, 3.63) is 53.7 Å². The van der Waals surface area contributed by atoms with E-state index in [0.29, 0.717) is 29.4 Å². The Balaban J connectivity index is 1.61. The number of pyridine rings is 1. The predicted molar refractivity (Wildman–Crippen MR) is 106 cm³/mol. The van der Waals surface area contributed by atoms with E-state index in [-0.39, 0.29) is 5.92 Å².